The van der Waals surface area contributed by atoms with Crippen molar-refractivity contribution in [2.45, 2.75) is 31.6 Å². The number of hydrogen-bond donors (Lipinski definition) is 0. The molecule has 1 saturated heterocycles. The van der Waals surface area contributed by atoms with E-state index in [1.807, 2.05) is 18.2 Å². The van der Waals surface area contributed by atoms with Gasteiger partial charge in [0, 0.05) is 23.2 Å². The van der Waals surface area contributed by atoms with E-state index in [0.29, 0.717) is 18.2 Å². The lowest BCUT2D eigenvalue weighted by atomic mass is 10.0. The van der Waals surface area contributed by atoms with E-state index in [1.54, 1.807) is 14.2 Å². The molecule has 0 radical (unpaired) electrons. The molecule has 164 valence electrons. The fourth-order valence-electron chi connectivity index (χ4n) is 3.91. The van der Waals surface area contributed by atoms with Crippen LogP contribution in [-0.4, -0.2) is 35.8 Å². The summed E-state index contributed by atoms with van der Waals surface area (Å²) in [6.07, 6.45) is -2.49. The second-order valence-electron chi connectivity index (χ2n) is 7.33. The van der Waals surface area contributed by atoms with Crippen LogP contribution in [0.4, 0.5) is 13.2 Å². The van der Waals surface area contributed by atoms with Gasteiger partial charge in [-0.1, -0.05) is 23.4 Å². The summed E-state index contributed by atoms with van der Waals surface area (Å²) in [6, 6.07) is 10.7. The second kappa shape index (κ2) is 8.58. The van der Waals surface area contributed by atoms with Gasteiger partial charge in [0.05, 0.1) is 26.3 Å². The maximum atomic E-state index is 13.0. The summed E-state index contributed by atoms with van der Waals surface area (Å²) in [5, 5.41) is 3.88. The lowest BCUT2D eigenvalue weighted by molar-refractivity contribution is -0.137. The summed E-state index contributed by atoms with van der Waals surface area (Å²) in [5.74, 6) is 1.95. The van der Waals surface area contributed by atoms with Gasteiger partial charge in [-0.3, -0.25) is 4.90 Å². The Labute approximate surface area is 177 Å². The van der Waals surface area contributed by atoms with Gasteiger partial charge < -0.3 is 14.0 Å². The van der Waals surface area contributed by atoms with E-state index in [0.717, 1.165) is 42.8 Å². The molecule has 0 amide bonds. The fourth-order valence-corrected chi connectivity index (χ4v) is 3.91. The Morgan fingerprint density at radius 1 is 1.13 bits per heavy atom. The number of ether oxygens (including phenoxy) is 2. The summed E-state index contributed by atoms with van der Waals surface area (Å²) in [7, 11) is 3.23. The molecule has 2 heterocycles. The summed E-state index contributed by atoms with van der Waals surface area (Å²) >= 11 is 0. The lowest BCUT2D eigenvalue weighted by Crippen LogP contribution is -2.23. The van der Waals surface area contributed by atoms with Crippen LogP contribution in [0.25, 0.3) is 11.4 Å². The molecule has 1 fully saturated rings. The Morgan fingerprint density at radius 2 is 1.97 bits per heavy atom. The molecule has 0 spiro atoms. The van der Waals surface area contributed by atoms with Crippen LogP contribution in [0.5, 0.6) is 11.5 Å². The summed E-state index contributed by atoms with van der Waals surface area (Å²) in [4.78, 5) is 6.53. The minimum absolute atomic E-state index is 0.102. The van der Waals surface area contributed by atoms with Crippen molar-refractivity contribution >= 4 is 0 Å². The first kappa shape index (κ1) is 21.2. The Kier molecular flexibility index (Phi) is 5.86. The zero-order valence-corrected chi connectivity index (χ0v) is 17.1. The first-order chi connectivity index (χ1) is 14.9. The molecule has 9 heteroatoms. The third-order valence-electron chi connectivity index (χ3n) is 5.42. The van der Waals surface area contributed by atoms with Crippen LogP contribution >= 0.6 is 0 Å². The van der Waals surface area contributed by atoms with Crippen molar-refractivity contribution in [1.29, 1.82) is 0 Å². The van der Waals surface area contributed by atoms with E-state index in [4.69, 9.17) is 14.0 Å². The third kappa shape index (κ3) is 4.51. The number of halogens is 3. The van der Waals surface area contributed by atoms with Gasteiger partial charge in [-0.15, -0.1) is 0 Å². The molecule has 1 atom stereocenters. The Hall–Kier alpha value is -3.07. The Bertz CT molecular complexity index is 1050. The van der Waals surface area contributed by atoms with Crippen molar-refractivity contribution in [2.75, 3.05) is 20.8 Å². The highest BCUT2D eigenvalue weighted by Crippen LogP contribution is 2.39. The first-order valence-electron chi connectivity index (χ1n) is 9.85. The second-order valence-corrected chi connectivity index (χ2v) is 7.33. The summed E-state index contributed by atoms with van der Waals surface area (Å²) in [6.45, 7) is 1.23. The smallest absolute Gasteiger partial charge is 0.416 e. The van der Waals surface area contributed by atoms with Crippen LogP contribution in [0.3, 0.4) is 0 Å². The zero-order valence-electron chi connectivity index (χ0n) is 17.1. The molecule has 1 aliphatic rings. The van der Waals surface area contributed by atoms with E-state index in [-0.39, 0.29) is 17.4 Å². The van der Waals surface area contributed by atoms with Crippen molar-refractivity contribution in [3.63, 3.8) is 0 Å². The Balaban J connectivity index is 1.53. The number of hydrogen-bond acceptors (Lipinski definition) is 6. The molecule has 31 heavy (non-hydrogen) atoms. The van der Waals surface area contributed by atoms with Crippen molar-refractivity contribution in [1.82, 2.24) is 15.0 Å². The minimum Gasteiger partial charge on any atom is -0.497 e. The molecule has 2 aromatic carbocycles. The van der Waals surface area contributed by atoms with Gasteiger partial charge >= 0.3 is 6.18 Å². The SMILES string of the molecule is COc1ccc([C@H]2CCCN2Cc2nc(-c3cccc(C(F)(F)F)c3)no2)c(OC)c1. The predicted octanol–water partition coefficient (Wildman–Crippen LogP) is 5.11. The van der Waals surface area contributed by atoms with Crippen LogP contribution in [-0.2, 0) is 12.7 Å². The van der Waals surface area contributed by atoms with Crippen molar-refractivity contribution in [3.05, 3.63) is 59.5 Å². The quantitative estimate of drug-likeness (QED) is 0.539. The van der Waals surface area contributed by atoms with E-state index in [2.05, 4.69) is 15.0 Å². The molecule has 0 aliphatic carbocycles. The van der Waals surface area contributed by atoms with E-state index >= 15 is 0 Å². The highest BCUT2D eigenvalue weighted by molar-refractivity contribution is 5.55. The highest BCUT2D eigenvalue weighted by Gasteiger charge is 2.32. The molecule has 0 saturated carbocycles. The third-order valence-corrected chi connectivity index (χ3v) is 5.42. The van der Waals surface area contributed by atoms with Gasteiger partial charge in [0.2, 0.25) is 11.7 Å². The molecular weight excluding hydrogens is 411 g/mol. The number of benzene rings is 2. The summed E-state index contributed by atoms with van der Waals surface area (Å²) in [5.41, 5.74) is 0.556. The molecule has 6 nitrogen and oxygen atoms in total. The maximum absolute atomic E-state index is 13.0. The molecule has 0 N–H and O–H groups in total. The van der Waals surface area contributed by atoms with E-state index < -0.39 is 11.7 Å². The van der Waals surface area contributed by atoms with Crippen molar-refractivity contribution < 1.29 is 27.2 Å². The van der Waals surface area contributed by atoms with Crippen molar-refractivity contribution in [2.24, 2.45) is 0 Å². The standard InChI is InChI=1S/C22H22F3N3O3/c1-29-16-8-9-17(19(12-16)30-2)18-7-4-10-28(18)13-20-26-21(27-31-20)14-5-3-6-15(11-14)22(23,24)25/h3,5-6,8-9,11-12,18H,4,7,10,13H2,1-2H3/t18-/m1/s1. The molecule has 1 aromatic heterocycles. The number of rotatable bonds is 6. The minimum atomic E-state index is -4.43. The van der Waals surface area contributed by atoms with Gasteiger partial charge in [0.1, 0.15) is 11.5 Å². The molecular formula is C22H22F3N3O3. The average molecular weight is 433 g/mol. The monoisotopic (exact) mass is 433 g/mol. The molecule has 0 bridgehead atoms. The zero-order chi connectivity index (χ0) is 22.0. The van der Waals surface area contributed by atoms with Crippen LogP contribution in [0.1, 0.15) is 35.9 Å². The fraction of sp³-hybridized carbons (Fsp3) is 0.364. The summed E-state index contributed by atoms with van der Waals surface area (Å²) < 4.78 is 55.1. The maximum Gasteiger partial charge on any atom is 0.416 e. The number of nitrogens with zero attached hydrogens (tertiary/aromatic N) is 3. The van der Waals surface area contributed by atoms with Crippen LogP contribution in [0, 0.1) is 0 Å². The highest BCUT2D eigenvalue weighted by atomic mass is 19.4. The van der Waals surface area contributed by atoms with Crippen LogP contribution < -0.4 is 9.47 Å². The number of aromatic nitrogens is 2. The molecule has 1 aliphatic heterocycles. The molecule has 3 aromatic rings. The molecule has 0 unspecified atom stereocenters. The topological polar surface area (TPSA) is 60.6 Å². The lowest BCUT2D eigenvalue weighted by Gasteiger charge is -2.25. The normalized spacial score (nSPS) is 17.1. The van der Waals surface area contributed by atoms with Gasteiger partial charge in [-0.05, 0) is 37.6 Å². The van der Waals surface area contributed by atoms with E-state index in [9.17, 15) is 13.2 Å². The molecule has 4 rings (SSSR count). The van der Waals surface area contributed by atoms with Crippen molar-refractivity contribution in [3.8, 4) is 22.9 Å². The average Bonchev–Trinajstić information content (AvgIpc) is 3.43. The first-order valence-corrected chi connectivity index (χ1v) is 9.85. The van der Waals surface area contributed by atoms with E-state index in [1.165, 1.54) is 12.1 Å². The number of alkyl halides is 3. The predicted molar refractivity (Wildman–Crippen MR) is 107 cm³/mol. The largest absolute Gasteiger partial charge is 0.497 e. The van der Waals surface area contributed by atoms with Gasteiger partial charge in [0.15, 0.2) is 0 Å². The van der Waals surface area contributed by atoms with Gasteiger partial charge in [-0.2, -0.15) is 18.2 Å². The number of methoxy groups -OCH3 is 2. The van der Waals surface area contributed by atoms with Crippen LogP contribution in [0.2, 0.25) is 0 Å². The Morgan fingerprint density at radius 3 is 2.71 bits per heavy atom. The van der Waals surface area contributed by atoms with Crippen LogP contribution in [0.15, 0.2) is 47.0 Å². The van der Waals surface area contributed by atoms with Gasteiger partial charge in [-0.25, -0.2) is 0 Å². The number of likely N-dealkylation sites (tertiary alicyclic amines) is 1. The van der Waals surface area contributed by atoms with Gasteiger partial charge in [0.25, 0.3) is 0 Å².